The van der Waals surface area contributed by atoms with E-state index in [2.05, 4.69) is 20.1 Å². The summed E-state index contributed by atoms with van der Waals surface area (Å²) in [4.78, 5) is 0. The molecule has 20 valence electrons. The van der Waals surface area contributed by atoms with Gasteiger partial charge in [0.05, 0.1) is 0 Å². The fraction of sp³-hybridized carbons (Fsp3) is 0. The molecule has 0 aliphatic rings. The van der Waals surface area contributed by atoms with Gasteiger partial charge in [-0.25, -0.2) is 0 Å². The van der Waals surface area contributed by atoms with Gasteiger partial charge in [-0.1, -0.05) is 0 Å². The predicted octanol–water partition coefficient (Wildman–Crippen LogP) is -0.494. The van der Waals surface area contributed by atoms with Crippen LogP contribution >= 0.6 is 8.65 Å². The van der Waals surface area contributed by atoms with E-state index >= 15 is 0 Å². The average molecular weight is 525 g/mol. The van der Waals surface area contributed by atoms with Gasteiger partial charge in [0, 0.05) is 0 Å². The van der Waals surface area contributed by atoms with Crippen molar-refractivity contribution in [3.05, 3.63) is 0 Å². The minimum atomic E-state index is 0.889. The van der Waals surface area contributed by atoms with Crippen molar-refractivity contribution in [1.82, 2.24) is 0 Å². The van der Waals surface area contributed by atoms with E-state index in [0.29, 0.717) is 0 Å². The maximum atomic E-state index is 4.22. The van der Waals surface area contributed by atoms with E-state index in [1.165, 1.54) is 22.7 Å². The van der Waals surface area contributed by atoms with Crippen LogP contribution in [-0.2, 0) is 0 Å². The number of hydrogen-bond donors (Lipinski definition) is 0. The molecular weight excluding hydrogens is 525 g/mol. The first-order valence-electron chi connectivity index (χ1n) is 0.408. The van der Waals surface area contributed by atoms with Crippen LogP contribution in [0.25, 0.3) is 0 Å². The molecular formula is Pb2SSe. The average Bonchev–Trinajstić information content (AvgIpc) is 1.50. The Morgan fingerprint density at radius 2 is 1.25 bits per heavy atom. The second-order valence-corrected chi connectivity index (χ2v) is 0. The Bertz CT molecular complexity index is 8.00. The van der Waals surface area contributed by atoms with Gasteiger partial charge >= 0.3 is 66.5 Å². The van der Waals surface area contributed by atoms with Crippen molar-refractivity contribution in [3.8, 4) is 0 Å². The Labute approximate surface area is 65.1 Å². The molecule has 4 radical (unpaired) electrons. The maximum absolute atomic E-state index is 4.22. The zero-order valence-electron chi connectivity index (χ0n) is 1.82. The molecule has 0 nitrogen and oxygen atoms in total. The van der Waals surface area contributed by atoms with Gasteiger partial charge in [0.15, 0.2) is 0 Å². The van der Waals surface area contributed by atoms with Gasteiger partial charge in [-0.2, -0.15) is 0 Å². The zero-order chi connectivity index (χ0) is 4.00. The van der Waals surface area contributed by atoms with Gasteiger partial charge in [-0.3, -0.25) is 0 Å². The molecule has 0 unspecified atom stereocenters. The van der Waals surface area contributed by atoms with Gasteiger partial charge < -0.3 is 0 Å². The number of rotatable bonds is 0. The summed E-state index contributed by atoms with van der Waals surface area (Å²) in [6.07, 6.45) is 0. The Hall–Kier alpha value is 2.58. The molecule has 4 heteroatoms. The Balaban J connectivity index is 0. The van der Waals surface area contributed by atoms with E-state index < -0.39 is 0 Å². The van der Waals surface area contributed by atoms with Crippen LogP contribution in [0.4, 0.5) is 0 Å². The molecule has 0 spiro atoms. The van der Waals surface area contributed by atoms with E-state index in [1.54, 1.807) is 0 Å². The van der Waals surface area contributed by atoms with Gasteiger partial charge in [0.2, 0.25) is 0 Å². The second-order valence-electron chi connectivity index (χ2n) is 0. The molecule has 0 bridgehead atoms. The first-order chi connectivity index (χ1) is 2.00. The Kier molecular flexibility index (Phi) is 42.9. The molecule has 0 aromatic carbocycles. The standard InChI is InChI=1S/2Pb.S.Se. The van der Waals surface area contributed by atoms with Crippen LogP contribution in [0.1, 0.15) is 0 Å². The monoisotopic (exact) mass is 528 g/mol. The first-order valence-corrected chi connectivity index (χ1v) is 14.7. The van der Waals surface area contributed by atoms with Gasteiger partial charge in [-0.05, 0) is 0 Å². The van der Waals surface area contributed by atoms with Crippen molar-refractivity contribution in [1.29, 1.82) is 0 Å². The SMILES string of the molecule is [S]=[Pb].[Se]=[Pb]. The molecule has 4 heavy (non-hydrogen) atoms. The van der Waals surface area contributed by atoms with E-state index in [1.807, 2.05) is 0 Å². The summed E-state index contributed by atoms with van der Waals surface area (Å²) >= 11 is 4.83. The summed E-state index contributed by atoms with van der Waals surface area (Å²) in [6, 6.07) is 0. The fourth-order valence-electron chi connectivity index (χ4n) is 0. The zero-order valence-corrected chi connectivity index (χ0v) is 12.1. The van der Waals surface area contributed by atoms with E-state index in [4.69, 9.17) is 0 Å². The quantitative estimate of drug-likeness (QED) is 0.385. The molecule has 0 atom stereocenters. The van der Waals surface area contributed by atoms with Crippen LogP contribution < -0.4 is 0 Å². The molecule has 0 aromatic rings. The summed E-state index contributed by atoms with van der Waals surface area (Å²) in [6.45, 7) is 0. The molecule has 0 aromatic heterocycles. The molecule has 0 saturated carbocycles. The topological polar surface area (TPSA) is 0 Å². The van der Waals surface area contributed by atoms with Crippen LogP contribution in [0.5, 0.6) is 0 Å². The van der Waals surface area contributed by atoms with Crippen LogP contribution in [-0.4, -0.2) is 57.9 Å². The molecule has 0 aliphatic carbocycles. The summed E-state index contributed by atoms with van der Waals surface area (Å²) in [5.41, 5.74) is 0. The van der Waals surface area contributed by atoms with Crippen LogP contribution in [0, 0.1) is 0 Å². The van der Waals surface area contributed by atoms with Gasteiger partial charge in [-0.15, -0.1) is 0 Å². The third-order valence-corrected chi connectivity index (χ3v) is 0. The summed E-state index contributed by atoms with van der Waals surface area (Å²) in [5.74, 6) is 0. The van der Waals surface area contributed by atoms with Crippen LogP contribution in [0.2, 0.25) is 0 Å². The third-order valence-electron chi connectivity index (χ3n) is 0. The Morgan fingerprint density at radius 3 is 1.25 bits per heavy atom. The summed E-state index contributed by atoms with van der Waals surface area (Å²) in [5, 5.41) is 0. The van der Waals surface area contributed by atoms with Crippen LogP contribution in [0.3, 0.4) is 0 Å². The van der Waals surface area contributed by atoms with Crippen molar-refractivity contribution >= 4 is 66.5 Å². The summed E-state index contributed by atoms with van der Waals surface area (Å²) < 4.78 is 0. The van der Waals surface area contributed by atoms with Crippen molar-refractivity contribution < 1.29 is 0 Å². The van der Waals surface area contributed by atoms with Crippen molar-refractivity contribution in [2.24, 2.45) is 0 Å². The fourth-order valence-corrected chi connectivity index (χ4v) is 0. The molecule has 0 fully saturated rings. The molecule has 0 N–H and O–H groups in total. The molecule has 0 aliphatic heterocycles. The second kappa shape index (κ2) is 17.6. The van der Waals surface area contributed by atoms with E-state index in [9.17, 15) is 0 Å². The third kappa shape index (κ3) is 8.82. The first kappa shape index (κ1) is 9.77. The molecule has 0 rings (SSSR count). The van der Waals surface area contributed by atoms with Crippen LogP contribution in [0.15, 0.2) is 0 Å². The Morgan fingerprint density at radius 1 is 1.25 bits per heavy atom. The predicted molar refractivity (Wildman–Crippen MR) is 24.9 cm³/mol. The van der Waals surface area contributed by atoms with Gasteiger partial charge in [0.1, 0.15) is 0 Å². The molecule has 0 heterocycles. The van der Waals surface area contributed by atoms with E-state index in [-0.39, 0.29) is 0 Å². The number of hydrogen-bond acceptors (Lipinski definition) is 1. The van der Waals surface area contributed by atoms with Gasteiger partial charge in [0.25, 0.3) is 0 Å². The van der Waals surface area contributed by atoms with Crippen molar-refractivity contribution in [2.75, 3.05) is 0 Å². The normalized spacial score (nSPS) is 2.00. The summed E-state index contributed by atoms with van der Waals surface area (Å²) in [7, 11) is 4.22. The van der Waals surface area contributed by atoms with Crippen molar-refractivity contribution in [2.45, 2.75) is 0 Å². The molecule has 0 amide bonds. The van der Waals surface area contributed by atoms with E-state index in [0.717, 1.165) is 23.7 Å². The van der Waals surface area contributed by atoms with Crippen molar-refractivity contribution in [3.63, 3.8) is 0 Å². The molecule has 0 saturated heterocycles. The minimum absolute atomic E-state index is 0.889.